The number of unbranched alkanes of at least 4 members (excludes halogenated alkanes) is 1. The summed E-state index contributed by atoms with van der Waals surface area (Å²) in [5, 5.41) is 0. The van der Waals surface area contributed by atoms with Crippen molar-refractivity contribution < 1.29 is 30.8 Å². The van der Waals surface area contributed by atoms with Gasteiger partial charge in [-0.25, -0.2) is 4.57 Å². The Labute approximate surface area is 101 Å². The van der Waals surface area contributed by atoms with Gasteiger partial charge in [0.15, 0.2) is 0 Å². The van der Waals surface area contributed by atoms with E-state index < -0.39 is 7.60 Å². The van der Waals surface area contributed by atoms with Crippen molar-refractivity contribution in [2.75, 3.05) is 6.16 Å². The molecule has 0 aliphatic rings. The molecule has 15 heavy (non-hydrogen) atoms. The van der Waals surface area contributed by atoms with Crippen LogP contribution in [-0.4, -0.2) is 11.1 Å². The predicted molar refractivity (Wildman–Crippen MR) is 56.7 cm³/mol. The molecule has 0 fully saturated rings. The van der Waals surface area contributed by atoms with Gasteiger partial charge in [-0.1, -0.05) is 31.5 Å². The van der Waals surface area contributed by atoms with Crippen LogP contribution in [0.3, 0.4) is 0 Å². The van der Waals surface area contributed by atoms with Crippen molar-refractivity contribution in [1.29, 1.82) is 0 Å². The molecule has 0 heterocycles. The Kier molecular flexibility index (Phi) is 6.93. The second-order valence-corrected chi connectivity index (χ2v) is 5.02. The van der Waals surface area contributed by atoms with Crippen molar-refractivity contribution in [1.82, 2.24) is 0 Å². The Bertz CT molecular complexity index is 316. The fraction of sp³-hybridized carbons (Fsp3) is 0.400. The molecule has 1 unspecified atom stereocenters. The second kappa shape index (κ2) is 7.07. The molecule has 0 aromatic heterocycles. The molecular weight excluding hydrogens is 258 g/mol. The molecule has 1 N–H and O–H groups in total. The van der Waals surface area contributed by atoms with E-state index in [4.69, 9.17) is 4.52 Å². The van der Waals surface area contributed by atoms with Gasteiger partial charge in [0.2, 0.25) is 0 Å². The zero-order valence-corrected chi connectivity index (χ0v) is 10.5. The fourth-order valence-corrected chi connectivity index (χ4v) is 2.31. The van der Waals surface area contributed by atoms with Crippen molar-refractivity contribution in [3.05, 3.63) is 30.3 Å². The van der Waals surface area contributed by atoms with Crippen LogP contribution >= 0.6 is 7.60 Å². The summed E-state index contributed by atoms with van der Waals surface area (Å²) in [5.74, 6) is 0.453. The standard InChI is InChI=1S/C10H15O3P.Co/c1-2-3-9-14(11,12)13-10-7-5-4-6-8-10;/h4-8H,2-3,9H2,1H3,(H,11,12);. The van der Waals surface area contributed by atoms with Gasteiger partial charge in [0.1, 0.15) is 5.75 Å². The summed E-state index contributed by atoms with van der Waals surface area (Å²) in [4.78, 5) is 9.43. The van der Waals surface area contributed by atoms with Gasteiger partial charge in [0, 0.05) is 16.8 Å². The Hall–Kier alpha value is -0.284. The largest absolute Gasteiger partial charge is 0.424 e. The van der Waals surface area contributed by atoms with Crippen molar-refractivity contribution in [3.8, 4) is 5.75 Å². The van der Waals surface area contributed by atoms with Gasteiger partial charge < -0.3 is 9.42 Å². The van der Waals surface area contributed by atoms with Crippen molar-refractivity contribution in [3.63, 3.8) is 0 Å². The first-order valence-electron chi connectivity index (χ1n) is 4.70. The SMILES string of the molecule is CCCCP(=O)(O)Oc1ccccc1.[Co]. The first kappa shape index (κ1) is 14.7. The first-order chi connectivity index (χ1) is 6.64. The molecule has 1 aromatic rings. The average molecular weight is 273 g/mol. The first-order valence-corrected chi connectivity index (χ1v) is 6.47. The third-order valence-electron chi connectivity index (χ3n) is 1.79. The number of para-hydroxylation sites is 1. The van der Waals surface area contributed by atoms with Gasteiger partial charge in [-0.05, 0) is 18.6 Å². The van der Waals surface area contributed by atoms with E-state index in [0.29, 0.717) is 12.2 Å². The van der Waals surface area contributed by atoms with Gasteiger partial charge in [-0.2, -0.15) is 0 Å². The Morgan fingerprint density at radius 1 is 1.33 bits per heavy atom. The van der Waals surface area contributed by atoms with Crippen LogP contribution in [0.15, 0.2) is 30.3 Å². The van der Waals surface area contributed by atoms with Crippen LogP contribution in [0.5, 0.6) is 5.75 Å². The predicted octanol–water partition coefficient (Wildman–Crippen LogP) is 3.05. The molecular formula is C10H15CoO3P. The van der Waals surface area contributed by atoms with E-state index in [1.807, 2.05) is 13.0 Å². The van der Waals surface area contributed by atoms with Crippen molar-refractivity contribution >= 4 is 7.60 Å². The summed E-state index contributed by atoms with van der Waals surface area (Å²) >= 11 is 0. The summed E-state index contributed by atoms with van der Waals surface area (Å²) < 4.78 is 16.5. The van der Waals surface area contributed by atoms with Crippen LogP contribution in [0.1, 0.15) is 19.8 Å². The summed E-state index contributed by atoms with van der Waals surface area (Å²) in [6, 6.07) is 8.73. The third kappa shape index (κ3) is 6.00. The maximum absolute atomic E-state index is 11.5. The summed E-state index contributed by atoms with van der Waals surface area (Å²) in [7, 11) is -3.43. The minimum Gasteiger partial charge on any atom is -0.424 e. The van der Waals surface area contributed by atoms with E-state index in [-0.39, 0.29) is 22.9 Å². The van der Waals surface area contributed by atoms with Gasteiger partial charge in [-0.15, -0.1) is 0 Å². The van der Waals surface area contributed by atoms with Gasteiger partial charge in [-0.3, -0.25) is 0 Å². The Morgan fingerprint density at radius 3 is 2.47 bits per heavy atom. The van der Waals surface area contributed by atoms with Gasteiger partial charge in [0.05, 0.1) is 6.16 Å². The van der Waals surface area contributed by atoms with E-state index in [2.05, 4.69) is 0 Å². The smallest absolute Gasteiger partial charge is 0.376 e. The Balaban J connectivity index is 0.00000196. The molecule has 0 spiro atoms. The molecule has 87 valence electrons. The summed E-state index contributed by atoms with van der Waals surface area (Å²) in [5.41, 5.74) is 0. The molecule has 1 radical (unpaired) electrons. The van der Waals surface area contributed by atoms with Crippen LogP contribution in [0.4, 0.5) is 0 Å². The molecule has 5 heteroatoms. The molecule has 0 bridgehead atoms. The van der Waals surface area contributed by atoms with Gasteiger partial charge in [0.25, 0.3) is 0 Å². The number of hydrogen-bond donors (Lipinski definition) is 1. The van der Waals surface area contributed by atoms with Crippen molar-refractivity contribution in [2.24, 2.45) is 0 Å². The van der Waals surface area contributed by atoms with E-state index >= 15 is 0 Å². The third-order valence-corrected chi connectivity index (χ3v) is 3.16. The Morgan fingerprint density at radius 2 is 1.93 bits per heavy atom. The van der Waals surface area contributed by atoms with Crippen LogP contribution in [0, 0.1) is 0 Å². The number of rotatable bonds is 5. The minimum atomic E-state index is -3.43. The van der Waals surface area contributed by atoms with E-state index in [0.717, 1.165) is 6.42 Å². The fourth-order valence-electron chi connectivity index (χ4n) is 1.05. The van der Waals surface area contributed by atoms with Crippen molar-refractivity contribution in [2.45, 2.75) is 19.8 Å². The van der Waals surface area contributed by atoms with Crippen LogP contribution in [-0.2, 0) is 21.3 Å². The molecule has 1 aromatic carbocycles. The molecule has 0 aliphatic heterocycles. The van der Waals surface area contributed by atoms with Crippen LogP contribution < -0.4 is 4.52 Å². The topological polar surface area (TPSA) is 46.5 Å². The van der Waals surface area contributed by atoms with Crippen LogP contribution in [0.25, 0.3) is 0 Å². The molecule has 0 saturated carbocycles. The molecule has 0 saturated heterocycles. The molecule has 0 aliphatic carbocycles. The maximum Gasteiger partial charge on any atom is 0.376 e. The second-order valence-electron chi connectivity index (χ2n) is 3.12. The normalized spacial score (nSPS) is 13.7. The summed E-state index contributed by atoms with van der Waals surface area (Å²) in [6.45, 7) is 1.97. The molecule has 1 rings (SSSR count). The van der Waals surface area contributed by atoms with E-state index in [1.54, 1.807) is 24.3 Å². The van der Waals surface area contributed by atoms with E-state index in [9.17, 15) is 9.46 Å². The van der Waals surface area contributed by atoms with Crippen LogP contribution in [0.2, 0.25) is 0 Å². The average Bonchev–Trinajstić information content (AvgIpc) is 2.16. The molecule has 0 amide bonds. The maximum atomic E-state index is 11.5. The molecule has 1 atom stereocenters. The number of hydrogen-bond acceptors (Lipinski definition) is 2. The number of benzene rings is 1. The minimum absolute atomic E-state index is 0. The summed E-state index contributed by atoms with van der Waals surface area (Å²) in [6.07, 6.45) is 1.82. The molecule has 3 nitrogen and oxygen atoms in total. The zero-order valence-electron chi connectivity index (χ0n) is 8.55. The van der Waals surface area contributed by atoms with E-state index in [1.165, 1.54) is 0 Å². The van der Waals surface area contributed by atoms with Gasteiger partial charge >= 0.3 is 7.60 Å². The monoisotopic (exact) mass is 273 g/mol. The quantitative estimate of drug-likeness (QED) is 0.839. The zero-order chi connectivity index (χ0) is 10.4.